The van der Waals surface area contributed by atoms with E-state index >= 15 is 0 Å². The van der Waals surface area contributed by atoms with Gasteiger partial charge in [0, 0.05) is 33.7 Å². The number of benzene rings is 2. The molecule has 130 valence electrons. The van der Waals surface area contributed by atoms with Crippen molar-refractivity contribution in [3.8, 4) is 0 Å². The highest BCUT2D eigenvalue weighted by molar-refractivity contribution is 14.0. The lowest BCUT2D eigenvalue weighted by Crippen LogP contribution is -2.45. The molecule has 0 atom stereocenters. The Kier molecular flexibility index (Phi) is 7.30. The number of nitrogens with zero attached hydrogens (tertiary/aromatic N) is 3. The molecule has 0 radical (unpaired) electrons. The molecule has 1 saturated heterocycles. The standard InChI is InChI=1S/C19H26N4.HI/c1-20-19(21-10-13-23-11-5-12-23)22(2)15-16-8-9-17-6-3-4-7-18(17)14-16;/h3-4,6-9,14H,5,10-13,15H2,1-2H3,(H,20,21);1H. The third-order valence-corrected chi connectivity index (χ3v) is 4.47. The van der Waals surface area contributed by atoms with E-state index in [1.165, 1.54) is 35.8 Å². The fourth-order valence-corrected chi connectivity index (χ4v) is 3.00. The van der Waals surface area contributed by atoms with Crippen molar-refractivity contribution in [3.63, 3.8) is 0 Å². The normalized spacial score (nSPS) is 14.8. The Hall–Kier alpha value is -1.34. The van der Waals surface area contributed by atoms with Crippen molar-refractivity contribution >= 4 is 40.7 Å². The smallest absolute Gasteiger partial charge is 0.193 e. The number of hydrogen-bond acceptors (Lipinski definition) is 2. The second kappa shape index (κ2) is 9.22. The molecule has 24 heavy (non-hydrogen) atoms. The monoisotopic (exact) mass is 438 g/mol. The summed E-state index contributed by atoms with van der Waals surface area (Å²) in [5.74, 6) is 0.957. The molecule has 0 saturated carbocycles. The largest absolute Gasteiger partial charge is 0.355 e. The molecule has 1 aliphatic rings. The summed E-state index contributed by atoms with van der Waals surface area (Å²) in [5, 5.41) is 6.04. The summed E-state index contributed by atoms with van der Waals surface area (Å²) in [6.45, 7) is 5.40. The number of likely N-dealkylation sites (tertiary alicyclic amines) is 1. The second-order valence-corrected chi connectivity index (χ2v) is 6.21. The molecule has 1 heterocycles. The van der Waals surface area contributed by atoms with Gasteiger partial charge in [-0.2, -0.15) is 0 Å². The van der Waals surface area contributed by atoms with Crippen molar-refractivity contribution in [1.82, 2.24) is 15.1 Å². The van der Waals surface area contributed by atoms with E-state index in [4.69, 9.17) is 0 Å². The molecule has 0 amide bonds. The molecule has 0 unspecified atom stereocenters. The van der Waals surface area contributed by atoms with Gasteiger partial charge in [0.25, 0.3) is 0 Å². The number of guanidine groups is 1. The van der Waals surface area contributed by atoms with Crippen molar-refractivity contribution in [3.05, 3.63) is 48.0 Å². The van der Waals surface area contributed by atoms with E-state index in [1.54, 1.807) is 0 Å². The van der Waals surface area contributed by atoms with Crippen LogP contribution in [-0.4, -0.2) is 56.0 Å². The Balaban J connectivity index is 0.00000208. The lowest BCUT2D eigenvalue weighted by Gasteiger charge is -2.31. The Bertz CT molecular complexity index is 682. The van der Waals surface area contributed by atoms with Crippen LogP contribution in [0, 0.1) is 0 Å². The summed E-state index contributed by atoms with van der Waals surface area (Å²) in [7, 11) is 3.94. The predicted octanol–water partition coefficient (Wildman–Crippen LogP) is 3.17. The van der Waals surface area contributed by atoms with E-state index in [-0.39, 0.29) is 24.0 Å². The van der Waals surface area contributed by atoms with Crippen LogP contribution in [0.4, 0.5) is 0 Å². The molecule has 0 aliphatic carbocycles. The van der Waals surface area contributed by atoms with E-state index in [2.05, 4.69) is 69.6 Å². The number of aliphatic imine (C=N–C) groups is 1. The SMILES string of the molecule is CN=C(NCCN1CCC1)N(C)Cc1ccc2ccccc2c1.I. The van der Waals surface area contributed by atoms with Gasteiger partial charge in [0.15, 0.2) is 5.96 Å². The lowest BCUT2D eigenvalue weighted by molar-refractivity contribution is 0.184. The molecule has 1 N–H and O–H groups in total. The molecule has 2 aromatic rings. The predicted molar refractivity (Wildman–Crippen MR) is 113 cm³/mol. The van der Waals surface area contributed by atoms with E-state index in [9.17, 15) is 0 Å². The topological polar surface area (TPSA) is 30.9 Å². The zero-order valence-corrected chi connectivity index (χ0v) is 16.9. The Morgan fingerprint density at radius 2 is 1.92 bits per heavy atom. The van der Waals surface area contributed by atoms with Crippen molar-refractivity contribution in [2.45, 2.75) is 13.0 Å². The van der Waals surface area contributed by atoms with Crippen LogP contribution in [0.2, 0.25) is 0 Å². The summed E-state index contributed by atoms with van der Waals surface area (Å²) in [6.07, 6.45) is 1.34. The van der Waals surface area contributed by atoms with Gasteiger partial charge in [-0.25, -0.2) is 0 Å². The fraction of sp³-hybridized carbons (Fsp3) is 0.421. The average molecular weight is 438 g/mol. The molecule has 1 fully saturated rings. The van der Waals surface area contributed by atoms with Crippen LogP contribution in [0.25, 0.3) is 10.8 Å². The quantitative estimate of drug-likeness (QED) is 0.442. The zero-order valence-electron chi connectivity index (χ0n) is 14.5. The highest BCUT2D eigenvalue weighted by atomic mass is 127. The summed E-state index contributed by atoms with van der Waals surface area (Å²) >= 11 is 0. The van der Waals surface area contributed by atoms with Gasteiger partial charge in [-0.3, -0.25) is 4.99 Å². The van der Waals surface area contributed by atoms with Gasteiger partial charge in [0.1, 0.15) is 0 Å². The molecule has 5 heteroatoms. The summed E-state index contributed by atoms with van der Waals surface area (Å²) in [4.78, 5) is 9.04. The Morgan fingerprint density at radius 3 is 2.58 bits per heavy atom. The van der Waals surface area contributed by atoms with Crippen LogP contribution in [0.1, 0.15) is 12.0 Å². The number of halogens is 1. The zero-order chi connectivity index (χ0) is 16.1. The van der Waals surface area contributed by atoms with Gasteiger partial charge in [0.2, 0.25) is 0 Å². The molecule has 3 rings (SSSR count). The third-order valence-electron chi connectivity index (χ3n) is 4.47. The Morgan fingerprint density at radius 1 is 1.17 bits per heavy atom. The minimum Gasteiger partial charge on any atom is -0.355 e. The van der Waals surface area contributed by atoms with Crippen LogP contribution in [0.5, 0.6) is 0 Å². The molecular formula is C19H27IN4. The molecule has 0 aromatic heterocycles. The van der Waals surface area contributed by atoms with Crippen molar-refractivity contribution in [2.75, 3.05) is 40.3 Å². The van der Waals surface area contributed by atoms with Crippen LogP contribution in [-0.2, 0) is 6.54 Å². The summed E-state index contributed by atoms with van der Waals surface area (Å²) in [6, 6.07) is 15.1. The average Bonchev–Trinajstić information content (AvgIpc) is 2.53. The Labute approximate surface area is 162 Å². The van der Waals surface area contributed by atoms with Gasteiger partial charge in [-0.15, -0.1) is 24.0 Å². The first-order valence-electron chi connectivity index (χ1n) is 8.38. The number of hydrogen-bond donors (Lipinski definition) is 1. The molecule has 2 aromatic carbocycles. The van der Waals surface area contributed by atoms with Gasteiger partial charge >= 0.3 is 0 Å². The molecule has 4 nitrogen and oxygen atoms in total. The van der Waals surface area contributed by atoms with Crippen LogP contribution in [0.15, 0.2) is 47.5 Å². The van der Waals surface area contributed by atoms with Crippen LogP contribution < -0.4 is 5.32 Å². The highest BCUT2D eigenvalue weighted by Crippen LogP contribution is 2.16. The summed E-state index contributed by atoms with van der Waals surface area (Å²) < 4.78 is 0. The first kappa shape index (κ1) is 19.0. The maximum absolute atomic E-state index is 4.40. The molecule has 0 bridgehead atoms. The third kappa shape index (κ3) is 4.83. The van der Waals surface area contributed by atoms with Crippen LogP contribution >= 0.6 is 24.0 Å². The van der Waals surface area contributed by atoms with E-state index in [1.807, 2.05) is 7.05 Å². The van der Waals surface area contributed by atoms with Crippen LogP contribution in [0.3, 0.4) is 0 Å². The number of fused-ring (bicyclic) bond motifs is 1. The number of nitrogens with one attached hydrogen (secondary N) is 1. The van der Waals surface area contributed by atoms with Gasteiger partial charge in [0.05, 0.1) is 0 Å². The van der Waals surface area contributed by atoms with E-state index in [0.29, 0.717) is 0 Å². The van der Waals surface area contributed by atoms with Crippen molar-refractivity contribution < 1.29 is 0 Å². The van der Waals surface area contributed by atoms with E-state index < -0.39 is 0 Å². The van der Waals surface area contributed by atoms with Gasteiger partial charge in [-0.05, 0) is 41.9 Å². The maximum atomic E-state index is 4.40. The first-order valence-corrected chi connectivity index (χ1v) is 8.38. The fourth-order valence-electron chi connectivity index (χ4n) is 3.00. The maximum Gasteiger partial charge on any atom is 0.193 e. The van der Waals surface area contributed by atoms with Gasteiger partial charge < -0.3 is 15.1 Å². The molecular weight excluding hydrogens is 411 g/mol. The van der Waals surface area contributed by atoms with Crippen molar-refractivity contribution in [2.24, 2.45) is 4.99 Å². The van der Waals surface area contributed by atoms with Crippen molar-refractivity contribution in [1.29, 1.82) is 0 Å². The minimum absolute atomic E-state index is 0. The molecule has 0 spiro atoms. The second-order valence-electron chi connectivity index (χ2n) is 6.21. The lowest BCUT2D eigenvalue weighted by atomic mass is 10.1. The minimum atomic E-state index is 0. The highest BCUT2D eigenvalue weighted by Gasteiger charge is 2.13. The summed E-state index contributed by atoms with van der Waals surface area (Å²) in [5.41, 5.74) is 1.30. The molecule has 1 aliphatic heterocycles. The number of rotatable bonds is 5. The van der Waals surface area contributed by atoms with E-state index in [0.717, 1.165) is 25.6 Å². The van der Waals surface area contributed by atoms with Gasteiger partial charge in [-0.1, -0.05) is 36.4 Å². The first-order chi connectivity index (χ1) is 11.3.